The van der Waals surface area contributed by atoms with Crippen LogP contribution in [0.15, 0.2) is 24.3 Å². The molecule has 2 heteroatoms. The van der Waals surface area contributed by atoms with Gasteiger partial charge in [-0.1, -0.05) is 31.2 Å². The topological polar surface area (TPSA) is 15.3 Å². The van der Waals surface area contributed by atoms with Gasteiger partial charge in [-0.25, -0.2) is 0 Å². The van der Waals surface area contributed by atoms with E-state index in [1.54, 1.807) is 11.1 Å². The van der Waals surface area contributed by atoms with Crippen molar-refractivity contribution in [1.29, 1.82) is 0 Å². The van der Waals surface area contributed by atoms with Crippen molar-refractivity contribution >= 4 is 0 Å². The summed E-state index contributed by atoms with van der Waals surface area (Å²) < 4.78 is 0. The van der Waals surface area contributed by atoms with E-state index in [1.165, 1.54) is 58.2 Å². The number of piperidine rings is 1. The number of hydrogen-bond donors (Lipinski definition) is 1. The third-order valence-electron chi connectivity index (χ3n) is 7.52. The number of nitrogens with zero attached hydrogens (tertiary/aromatic N) is 1. The van der Waals surface area contributed by atoms with Gasteiger partial charge in [-0.15, -0.1) is 0 Å². The first-order valence-electron chi connectivity index (χ1n) is 9.84. The van der Waals surface area contributed by atoms with E-state index >= 15 is 0 Å². The van der Waals surface area contributed by atoms with Crippen LogP contribution in [0.5, 0.6) is 0 Å². The summed E-state index contributed by atoms with van der Waals surface area (Å²) in [4.78, 5) is 2.86. The molecule has 0 aromatic heterocycles. The number of fused-ring (bicyclic) bond motifs is 2. The summed E-state index contributed by atoms with van der Waals surface area (Å²) in [6, 6.07) is 10.9. The summed E-state index contributed by atoms with van der Waals surface area (Å²) in [6.07, 6.45) is 8.37. The number of benzene rings is 1. The van der Waals surface area contributed by atoms with E-state index in [4.69, 9.17) is 0 Å². The smallest absolute Gasteiger partial charge is 0.0264 e. The van der Waals surface area contributed by atoms with Crippen LogP contribution in [0.25, 0.3) is 0 Å². The number of likely N-dealkylation sites (tertiary alicyclic amines) is 1. The van der Waals surface area contributed by atoms with Gasteiger partial charge in [0.05, 0.1) is 0 Å². The second-order valence-corrected chi connectivity index (χ2v) is 8.63. The molecule has 124 valence electrons. The van der Waals surface area contributed by atoms with Gasteiger partial charge in [-0.05, 0) is 74.6 Å². The Hall–Kier alpha value is -0.860. The molecule has 5 rings (SSSR count). The highest BCUT2D eigenvalue weighted by Crippen LogP contribution is 2.50. The van der Waals surface area contributed by atoms with Gasteiger partial charge in [0, 0.05) is 24.0 Å². The molecule has 4 aliphatic rings. The van der Waals surface area contributed by atoms with E-state index in [-0.39, 0.29) is 0 Å². The summed E-state index contributed by atoms with van der Waals surface area (Å²) in [7, 11) is 0. The van der Waals surface area contributed by atoms with Crippen LogP contribution in [-0.4, -0.2) is 36.6 Å². The van der Waals surface area contributed by atoms with Crippen LogP contribution in [0.3, 0.4) is 0 Å². The van der Waals surface area contributed by atoms with E-state index in [0.29, 0.717) is 5.41 Å². The monoisotopic (exact) mass is 310 g/mol. The minimum Gasteiger partial charge on any atom is -0.312 e. The van der Waals surface area contributed by atoms with Crippen LogP contribution >= 0.6 is 0 Å². The van der Waals surface area contributed by atoms with Crippen molar-refractivity contribution in [3.05, 3.63) is 35.4 Å². The number of rotatable bonds is 2. The van der Waals surface area contributed by atoms with E-state index in [0.717, 1.165) is 23.9 Å². The van der Waals surface area contributed by atoms with Gasteiger partial charge in [0.1, 0.15) is 0 Å². The lowest BCUT2D eigenvalue weighted by Crippen LogP contribution is -2.54. The van der Waals surface area contributed by atoms with Gasteiger partial charge < -0.3 is 5.32 Å². The quantitative estimate of drug-likeness (QED) is 0.901. The number of aryl methyl sites for hydroxylation is 1. The van der Waals surface area contributed by atoms with Gasteiger partial charge in [-0.2, -0.15) is 0 Å². The van der Waals surface area contributed by atoms with Gasteiger partial charge in [0.25, 0.3) is 0 Å². The maximum atomic E-state index is 3.82. The Kier molecular flexibility index (Phi) is 3.35. The lowest BCUT2D eigenvalue weighted by atomic mass is 9.67. The zero-order chi connectivity index (χ0) is 15.4. The second-order valence-electron chi connectivity index (χ2n) is 8.63. The summed E-state index contributed by atoms with van der Waals surface area (Å²) in [5.41, 5.74) is 3.80. The van der Waals surface area contributed by atoms with Crippen molar-refractivity contribution in [2.45, 2.75) is 62.9 Å². The van der Waals surface area contributed by atoms with Crippen LogP contribution in [0.2, 0.25) is 0 Å². The Morgan fingerprint density at radius 2 is 2.00 bits per heavy atom. The first kappa shape index (κ1) is 14.5. The minimum atomic E-state index is 0.480. The molecule has 2 aliphatic heterocycles. The molecule has 3 fully saturated rings. The molecule has 23 heavy (non-hydrogen) atoms. The largest absolute Gasteiger partial charge is 0.312 e. The molecule has 1 N–H and O–H groups in total. The lowest BCUT2D eigenvalue weighted by molar-refractivity contribution is 0.0593. The second kappa shape index (κ2) is 5.32. The normalized spacial score (nSPS) is 40.7. The van der Waals surface area contributed by atoms with Crippen LogP contribution < -0.4 is 5.32 Å². The highest BCUT2D eigenvalue weighted by atomic mass is 15.2. The average molecular weight is 310 g/mol. The molecule has 1 unspecified atom stereocenters. The number of hydrogen-bond acceptors (Lipinski definition) is 2. The van der Waals surface area contributed by atoms with Crippen LogP contribution in [0.1, 0.15) is 50.2 Å². The van der Waals surface area contributed by atoms with E-state index in [9.17, 15) is 0 Å². The molecule has 0 radical (unpaired) electrons. The maximum absolute atomic E-state index is 3.82. The summed E-state index contributed by atoms with van der Waals surface area (Å²) >= 11 is 0. The summed E-state index contributed by atoms with van der Waals surface area (Å²) in [5, 5.41) is 3.82. The fourth-order valence-corrected chi connectivity index (χ4v) is 6.06. The average Bonchev–Trinajstić information content (AvgIpc) is 3.19. The van der Waals surface area contributed by atoms with Crippen LogP contribution in [0, 0.1) is 11.8 Å². The molecule has 1 aromatic rings. The predicted octanol–water partition coefficient (Wildman–Crippen LogP) is 3.35. The third-order valence-corrected chi connectivity index (χ3v) is 7.52. The van der Waals surface area contributed by atoms with Crippen molar-refractivity contribution in [2.24, 2.45) is 11.8 Å². The molecule has 2 aliphatic carbocycles. The minimum absolute atomic E-state index is 0.480. The Morgan fingerprint density at radius 3 is 2.83 bits per heavy atom. The molecular weight excluding hydrogens is 280 g/mol. The standard InChI is InChI=1S/C21H30N2/c1-15-14-23(19-9-12-22-20(19)17-6-7-17)13-11-21(15)10-8-16-4-2-3-5-18(16)21/h2-5,15,17,19-20,22H,6-14H2,1H3/t15-,19+,20?,21-/m0/s1. The molecule has 4 atom stereocenters. The molecular formula is C21H30N2. The van der Waals surface area contributed by atoms with Gasteiger partial charge in [0.2, 0.25) is 0 Å². The zero-order valence-electron chi connectivity index (χ0n) is 14.4. The molecule has 2 heterocycles. The van der Waals surface area contributed by atoms with Crippen molar-refractivity contribution in [2.75, 3.05) is 19.6 Å². The lowest BCUT2D eigenvalue weighted by Gasteiger charge is -2.48. The fraction of sp³-hybridized carbons (Fsp3) is 0.714. The predicted molar refractivity (Wildman–Crippen MR) is 94.7 cm³/mol. The molecule has 1 aromatic carbocycles. The maximum Gasteiger partial charge on any atom is 0.0264 e. The Labute approximate surface area is 140 Å². The Balaban J connectivity index is 1.36. The summed E-state index contributed by atoms with van der Waals surface area (Å²) in [5.74, 6) is 1.78. The Morgan fingerprint density at radius 1 is 1.13 bits per heavy atom. The zero-order valence-corrected chi connectivity index (χ0v) is 14.4. The van der Waals surface area contributed by atoms with Crippen LogP contribution in [0.4, 0.5) is 0 Å². The fourth-order valence-electron chi connectivity index (χ4n) is 6.06. The number of nitrogens with one attached hydrogen (secondary N) is 1. The highest BCUT2D eigenvalue weighted by molar-refractivity contribution is 5.40. The van der Waals surface area contributed by atoms with E-state index in [2.05, 4.69) is 41.4 Å². The molecule has 0 bridgehead atoms. The van der Waals surface area contributed by atoms with E-state index < -0.39 is 0 Å². The Bertz CT molecular complexity index is 593. The van der Waals surface area contributed by atoms with Crippen molar-refractivity contribution in [3.8, 4) is 0 Å². The molecule has 2 nitrogen and oxygen atoms in total. The van der Waals surface area contributed by atoms with Crippen molar-refractivity contribution < 1.29 is 0 Å². The SMILES string of the molecule is C[C@H]1CN([C@@H]2CCNC2C2CC2)CC[C@@]12CCc1ccccc12. The molecule has 2 saturated heterocycles. The summed E-state index contributed by atoms with van der Waals surface area (Å²) in [6.45, 7) is 6.39. The van der Waals surface area contributed by atoms with Gasteiger partial charge in [-0.3, -0.25) is 4.90 Å². The molecule has 0 amide bonds. The van der Waals surface area contributed by atoms with E-state index in [1.807, 2.05) is 0 Å². The van der Waals surface area contributed by atoms with Gasteiger partial charge in [0.15, 0.2) is 0 Å². The van der Waals surface area contributed by atoms with Crippen molar-refractivity contribution in [1.82, 2.24) is 10.2 Å². The van der Waals surface area contributed by atoms with Crippen LogP contribution in [-0.2, 0) is 11.8 Å². The highest BCUT2D eigenvalue weighted by Gasteiger charge is 2.49. The molecule has 1 spiro atoms. The first-order chi connectivity index (χ1) is 11.3. The van der Waals surface area contributed by atoms with Crippen molar-refractivity contribution in [3.63, 3.8) is 0 Å². The first-order valence-corrected chi connectivity index (χ1v) is 9.84. The van der Waals surface area contributed by atoms with Gasteiger partial charge >= 0.3 is 0 Å². The molecule has 1 saturated carbocycles. The third kappa shape index (κ3) is 2.21.